The first-order chi connectivity index (χ1) is 10.1. The van der Waals surface area contributed by atoms with Gasteiger partial charge in [-0.05, 0) is 47.7 Å². The molecule has 2 aromatic rings. The molecule has 0 bridgehead atoms. The van der Waals surface area contributed by atoms with Crippen LogP contribution in [0.4, 0.5) is 5.69 Å². The van der Waals surface area contributed by atoms with E-state index in [0.717, 1.165) is 23.5 Å². The van der Waals surface area contributed by atoms with Crippen molar-refractivity contribution in [1.29, 1.82) is 0 Å². The second kappa shape index (κ2) is 5.71. The Morgan fingerprint density at radius 1 is 1.10 bits per heavy atom. The molecule has 0 unspecified atom stereocenters. The van der Waals surface area contributed by atoms with E-state index in [1.54, 1.807) is 30.0 Å². The van der Waals surface area contributed by atoms with Crippen LogP contribution in [0.2, 0.25) is 0 Å². The summed E-state index contributed by atoms with van der Waals surface area (Å²) < 4.78 is 27.6. The van der Waals surface area contributed by atoms with Gasteiger partial charge in [0.15, 0.2) is 0 Å². The summed E-state index contributed by atoms with van der Waals surface area (Å²) in [7, 11) is -3.55. The Labute approximate surface area is 129 Å². The van der Waals surface area contributed by atoms with E-state index in [0.29, 0.717) is 10.6 Å². The normalized spacial score (nSPS) is 14.0. The van der Waals surface area contributed by atoms with Gasteiger partial charge < -0.3 is 5.32 Å². The Balaban J connectivity index is 1.89. The monoisotopic (exact) mass is 320 g/mol. The lowest BCUT2D eigenvalue weighted by Crippen LogP contribution is -2.13. The minimum Gasteiger partial charge on any atom is -0.309 e. The van der Waals surface area contributed by atoms with Gasteiger partial charge in [-0.1, -0.05) is 12.1 Å². The Morgan fingerprint density at radius 2 is 1.90 bits per heavy atom. The Hall–Kier alpha value is -1.50. The molecule has 2 N–H and O–H groups in total. The summed E-state index contributed by atoms with van der Waals surface area (Å²) in [5.74, 6) is 0. The zero-order chi connectivity index (χ0) is 14.9. The number of thioether (sulfide) groups is 1. The summed E-state index contributed by atoms with van der Waals surface area (Å²) in [5.41, 5.74) is 2.80. The van der Waals surface area contributed by atoms with Crippen molar-refractivity contribution < 1.29 is 8.42 Å². The largest absolute Gasteiger partial charge is 0.309 e. The third kappa shape index (κ3) is 3.07. The predicted molar refractivity (Wildman–Crippen MR) is 86.0 cm³/mol. The summed E-state index contributed by atoms with van der Waals surface area (Å²) in [5, 5.41) is 3.21. The molecule has 3 rings (SSSR count). The molecular formula is C15H16N2O2S2. The SMILES string of the molecule is CSc1cccc(NS(=O)(=O)c2ccc3c(c2)CNC3)c1. The van der Waals surface area contributed by atoms with E-state index in [1.165, 1.54) is 5.56 Å². The van der Waals surface area contributed by atoms with E-state index in [9.17, 15) is 8.42 Å². The minimum absolute atomic E-state index is 0.305. The van der Waals surface area contributed by atoms with Crippen molar-refractivity contribution in [3.8, 4) is 0 Å². The zero-order valence-electron chi connectivity index (χ0n) is 11.6. The van der Waals surface area contributed by atoms with Gasteiger partial charge in [-0.2, -0.15) is 0 Å². The highest BCUT2D eigenvalue weighted by atomic mass is 32.2. The number of fused-ring (bicyclic) bond motifs is 1. The van der Waals surface area contributed by atoms with E-state index >= 15 is 0 Å². The Bertz CT molecular complexity index is 773. The molecule has 21 heavy (non-hydrogen) atoms. The van der Waals surface area contributed by atoms with Gasteiger partial charge in [0.05, 0.1) is 4.90 Å². The van der Waals surface area contributed by atoms with Crippen LogP contribution < -0.4 is 10.0 Å². The van der Waals surface area contributed by atoms with Gasteiger partial charge in [0.1, 0.15) is 0 Å². The molecule has 1 heterocycles. The third-order valence-electron chi connectivity index (χ3n) is 3.44. The number of benzene rings is 2. The Morgan fingerprint density at radius 3 is 2.71 bits per heavy atom. The lowest BCUT2D eigenvalue weighted by atomic mass is 10.1. The molecule has 0 radical (unpaired) electrons. The fraction of sp³-hybridized carbons (Fsp3) is 0.200. The van der Waals surface area contributed by atoms with Gasteiger partial charge >= 0.3 is 0 Å². The molecule has 110 valence electrons. The maximum atomic E-state index is 12.5. The summed E-state index contributed by atoms with van der Waals surface area (Å²) >= 11 is 1.58. The first kappa shape index (κ1) is 14.4. The molecule has 1 aliphatic rings. The van der Waals surface area contributed by atoms with Crippen LogP contribution in [0.15, 0.2) is 52.3 Å². The van der Waals surface area contributed by atoms with Crippen molar-refractivity contribution in [3.05, 3.63) is 53.6 Å². The maximum absolute atomic E-state index is 12.5. The van der Waals surface area contributed by atoms with Crippen LogP contribution in [0.3, 0.4) is 0 Å². The molecule has 0 saturated heterocycles. The second-order valence-electron chi connectivity index (χ2n) is 4.87. The molecule has 4 nitrogen and oxygen atoms in total. The quantitative estimate of drug-likeness (QED) is 0.851. The van der Waals surface area contributed by atoms with E-state index < -0.39 is 10.0 Å². The summed E-state index contributed by atoms with van der Waals surface area (Å²) in [6.07, 6.45) is 1.96. The molecule has 6 heteroatoms. The van der Waals surface area contributed by atoms with Gasteiger partial charge in [0.25, 0.3) is 10.0 Å². The molecule has 2 aromatic carbocycles. The number of hydrogen-bond donors (Lipinski definition) is 2. The molecule has 0 amide bonds. The average molecular weight is 320 g/mol. The van der Waals surface area contributed by atoms with E-state index in [4.69, 9.17) is 0 Å². The van der Waals surface area contributed by atoms with Crippen LogP contribution in [-0.4, -0.2) is 14.7 Å². The highest BCUT2D eigenvalue weighted by Gasteiger charge is 2.18. The number of rotatable bonds is 4. The van der Waals surface area contributed by atoms with Crippen molar-refractivity contribution in [3.63, 3.8) is 0 Å². The lowest BCUT2D eigenvalue weighted by Gasteiger charge is -2.10. The average Bonchev–Trinajstić information content (AvgIpc) is 2.94. The highest BCUT2D eigenvalue weighted by Crippen LogP contribution is 2.24. The molecule has 0 fully saturated rings. The molecule has 1 aliphatic heterocycles. The lowest BCUT2D eigenvalue weighted by molar-refractivity contribution is 0.601. The topological polar surface area (TPSA) is 58.2 Å². The number of anilines is 1. The number of nitrogens with one attached hydrogen (secondary N) is 2. The van der Waals surface area contributed by atoms with Crippen molar-refractivity contribution in [2.45, 2.75) is 22.9 Å². The summed E-state index contributed by atoms with van der Waals surface area (Å²) in [4.78, 5) is 1.33. The summed E-state index contributed by atoms with van der Waals surface area (Å²) in [6, 6.07) is 12.7. The van der Waals surface area contributed by atoms with Crippen LogP contribution >= 0.6 is 11.8 Å². The van der Waals surface area contributed by atoms with Gasteiger partial charge in [-0.25, -0.2) is 8.42 Å². The standard InChI is InChI=1S/C15H16N2O2S2/c1-20-14-4-2-3-13(8-14)17-21(18,19)15-6-5-11-9-16-10-12(11)7-15/h2-8,16-17H,9-10H2,1H3. The van der Waals surface area contributed by atoms with Crippen molar-refractivity contribution in [1.82, 2.24) is 5.32 Å². The Kier molecular flexibility index (Phi) is 3.93. The maximum Gasteiger partial charge on any atom is 0.261 e. The van der Waals surface area contributed by atoms with Crippen LogP contribution in [0.25, 0.3) is 0 Å². The number of hydrogen-bond acceptors (Lipinski definition) is 4. The van der Waals surface area contributed by atoms with Crippen LogP contribution in [-0.2, 0) is 23.1 Å². The smallest absolute Gasteiger partial charge is 0.261 e. The predicted octanol–water partition coefficient (Wildman–Crippen LogP) is 2.81. The zero-order valence-corrected chi connectivity index (χ0v) is 13.2. The second-order valence-corrected chi connectivity index (χ2v) is 7.43. The van der Waals surface area contributed by atoms with Gasteiger partial charge in [-0.15, -0.1) is 11.8 Å². The van der Waals surface area contributed by atoms with Gasteiger partial charge in [0, 0.05) is 23.7 Å². The van der Waals surface area contributed by atoms with Gasteiger partial charge in [0.2, 0.25) is 0 Å². The molecule has 0 saturated carbocycles. The van der Waals surface area contributed by atoms with Crippen LogP contribution in [0.5, 0.6) is 0 Å². The molecule has 0 aromatic heterocycles. The van der Waals surface area contributed by atoms with Gasteiger partial charge in [-0.3, -0.25) is 4.72 Å². The summed E-state index contributed by atoms with van der Waals surface area (Å²) in [6.45, 7) is 1.53. The van der Waals surface area contributed by atoms with E-state index in [2.05, 4.69) is 10.0 Å². The van der Waals surface area contributed by atoms with Crippen molar-refractivity contribution in [2.24, 2.45) is 0 Å². The van der Waals surface area contributed by atoms with E-state index in [1.807, 2.05) is 30.5 Å². The fourth-order valence-electron chi connectivity index (χ4n) is 2.34. The van der Waals surface area contributed by atoms with E-state index in [-0.39, 0.29) is 0 Å². The molecular weight excluding hydrogens is 304 g/mol. The molecule has 0 aliphatic carbocycles. The minimum atomic E-state index is -3.55. The molecule has 0 atom stereocenters. The first-order valence-corrected chi connectivity index (χ1v) is 9.29. The van der Waals surface area contributed by atoms with Crippen molar-refractivity contribution in [2.75, 3.05) is 11.0 Å². The van der Waals surface area contributed by atoms with Crippen LogP contribution in [0, 0.1) is 0 Å². The molecule has 0 spiro atoms. The third-order valence-corrected chi connectivity index (χ3v) is 5.55. The first-order valence-electron chi connectivity index (χ1n) is 6.58. The van der Waals surface area contributed by atoms with Crippen molar-refractivity contribution >= 4 is 27.5 Å². The highest BCUT2D eigenvalue weighted by molar-refractivity contribution is 7.98. The number of sulfonamides is 1. The fourth-order valence-corrected chi connectivity index (χ4v) is 3.90. The van der Waals surface area contributed by atoms with Crippen LogP contribution in [0.1, 0.15) is 11.1 Å².